The van der Waals surface area contributed by atoms with Crippen molar-refractivity contribution in [3.8, 4) is 33.8 Å². The van der Waals surface area contributed by atoms with Crippen LogP contribution < -0.4 is 10.0 Å². The van der Waals surface area contributed by atoms with Gasteiger partial charge in [-0.05, 0) is 72.6 Å². The van der Waals surface area contributed by atoms with Gasteiger partial charge in [-0.25, -0.2) is 22.8 Å². The van der Waals surface area contributed by atoms with Crippen molar-refractivity contribution in [2.24, 2.45) is 0 Å². The van der Waals surface area contributed by atoms with Gasteiger partial charge in [0.25, 0.3) is 0 Å². The van der Waals surface area contributed by atoms with E-state index in [9.17, 15) is 13.5 Å². The first-order chi connectivity index (χ1) is 18.9. The van der Waals surface area contributed by atoms with E-state index < -0.39 is 10.0 Å². The van der Waals surface area contributed by atoms with E-state index in [1.54, 1.807) is 48.7 Å². The number of sulfonamides is 1. The Labute approximate surface area is 235 Å². The van der Waals surface area contributed by atoms with E-state index in [-0.39, 0.29) is 17.2 Å². The number of para-hydroxylation sites is 1. The van der Waals surface area contributed by atoms with Crippen LogP contribution in [-0.2, 0) is 10.0 Å². The SMILES string of the molecule is O=S(=O)(NCCCNc1cc(-c2cn(-c3ccccc3)nc2-c2cccc(O)c2)ccn1)c1ccc(Br)cc1. The molecule has 0 aliphatic carbocycles. The van der Waals surface area contributed by atoms with Gasteiger partial charge < -0.3 is 10.4 Å². The molecule has 3 N–H and O–H groups in total. The van der Waals surface area contributed by atoms with Crippen LogP contribution in [0.4, 0.5) is 5.82 Å². The number of anilines is 1. The van der Waals surface area contributed by atoms with Gasteiger partial charge in [0, 0.05) is 41.1 Å². The van der Waals surface area contributed by atoms with Gasteiger partial charge in [-0.3, -0.25) is 0 Å². The number of phenols is 1. The lowest BCUT2D eigenvalue weighted by atomic mass is 10.0. The van der Waals surface area contributed by atoms with Gasteiger partial charge in [0.2, 0.25) is 10.0 Å². The number of aromatic nitrogens is 3. The van der Waals surface area contributed by atoms with Crippen molar-refractivity contribution in [3.63, 3.8) is 0 Å². The highest BCUT2D eigenvalue weighted by Crippen LogP contribution is 2.34. The Morgan fingerprint density at radius 2 is 1.67 bits per heavy atom. The standard InChI is InChI=1S/C29H26BrN5O3S/c30-23-10-12-26(13-11-23)39(37,38)33-16-5-15-31-28-19-21(14-17-32-28)27-20-35(24-7-2-1-3-8-24)34-29(27)22-6-4-9-25(36)18-22/h1-4,6-14,17-20,33,36H,5,15-16H2,(H,31,32). The van der Waals surface area contributed by atoms with Gasteiger partial charge >= 0.3 is 0 Å². The normalized spacial score (nSPS) is 11.4. The molecular weight excluding hydrogens is 578 g/mol. The number of rotatable bonds is 10. The summed E-state index contributed by atoms with van der Waals surface area (Å²) in [6.45, 7) is 0.818. The molecule has 2 heterocycles. The number of benzene rings is 3. The molecule has 0 aliphatic rings. The summed E-state index contributed by atoms with van der Waals surface area (Å²) in [4.78, 5) is 4.66. The number of nitrogens with one attached hydrogen (secondary N) is 2. The van der Waals surface area contributed by atoms with Gasteiger partial charge in [0.15, 0.2) is 0 Å². The largest absolute Gasteiger partial charge is 0.508 e. The molecule has 0 aliphatic heterocycles. The highest BCUT2D eigenvalue weighted by atomic mass is 79.9. The number of hydrogen-bond acceptors (Lipinski definition) is 6. The van der Waals surface area contributed by atoms with E-state index in [0.29, 0.717) is 18.8 Å². The molecule has 2 aromatic heterocycles. The summed E-state index contributed by atoms with van der Waals surface area (Å²) in [7, 11) is -3.56. The minimum Gasteiger partial charge on any atom is -0.508 e. The molecule has 8 nitrogen and oxygen atoms in total. The summed E-state index contributed by atoms with van der Waals surface area (Å²) < 4.78 is 30.2. The molecule has 0 atom stereocenters. The fourth-order valence-electron chi connectivity index (χ4n) is 4.07. The Kier molecular flexibility index (Phi) is 8.06. The van der Waals surface area contributed by atoms with E-state index in [1.165, 1.54) is 0 Å². The summed E-state index contributed by atoms with van der Waals surface area (Å²) >= 11 is 3.31. The first-order valence-corrected chi connectivity index (χ1v) is 14.6. The van der Waals surface area contributed by atoms with E-state index in [0.717, 1.165) is 32.5 Å². The third-order valence-electron chi connectivity index (χ3n) is 6.00. The molecule has 0 fully saturated rings. The van der Waals surface area contributed by atoms with E-state index in [4.69, 9.17) is 5.10 Å². The van der Waals surface area contributed by atoms with Crippen LogP contribution in [0, 0.1) is 0 Å². The maximum absolute atomic E-state index is 12.5. The summed E-state index contributed by atoms with van der Waals surface area (Å²) in [5.41, 5.74) is 4.24. The van der Waals surface area contributed by atoms with Crippen molar-refractivity contribution < 1.29 is 13.5 Å². The molecule has 0 bridgehead atoms. The molecular formula is C29H26BrN5O3S. The molecule has 0 radical (unpaired) electrons. The van der Waals surface area contributed by atoms with Crippen molar-refractivity contribution in [1.82, 2.24) is 19.5 Å². The van der Waals surface area contributed by atoms with Gasteiger partial charge in [0.05, 0.1) is 10.6 Å². The number of hydrogen-bond donors (Lipinski definition) is 3. The lowest BCUT2D eigenvalue weighted by Crippen LogP contribution is -2.26. The fraction of sp³-hybridized carbons (Fsp3) is 0.103. The van der Waals surface area contributed by atoms with E-state index in [1.807, 2.05) is 59.4 Å². The molecule has 0 unspecified atom stereocenters. The summed E-state index contributed by atoms with van der Waals surface area (Å²) in [6.07, 6.45) is 4.26. The highest BCUT2D eigenvalue weighted by Gasteiger charge is 2.16. The monoisotopic (exact) mass is 603 g/mol. The second-order valence-electron chi connectivity index (χ2n) is 8.78. The lowest BCUT2D eigenvalue weighted by molar-refractivity contribution is 0.475. The molecule has 198 valence electrons. The summed E-state index contributed by atoms with van der Waals surface area (Å²) in [6, 6.07) is 27.2. The second kappa shape index (κ2) is 11.8. The number of pyridine rings is 1. The average Bonchev–Trinajstić information content (AvgIpc) is 3.40. The van der Waals surface area contributed by atoms with Crippen molar-refractivity contribution in [1.29, 1.82) is 0 Å². The first kappa shape index (κ1) is 26.6. The van der Waals surface area contributed by atoms with Gasteiger partial charge in [-0.2, -0.15) is 5.10 Å². The van der Waals surface area contributed by atoms with Crippen LogP contribution >= 0.6 is 15.9 Å². The Morgan fingerprint density at radius 3 is 2.44 bits per heavy atom. The predicted molar refractivity (Wildman–Crippen MR) is 156 cm³/mol. The zero-order valence-corrected chi connectivity index (χ0v) is 23.2. The Morgan fingerprint density at radius 1 is 0.872 bits per heavy atom. The van der Waals surface area contributed by atoms with Crippen molar-refractivity contribution in [2.75, 3.05) is 18.4 Å². The smallest absolute Gasteiger partial charge is 0.240 e. The van der Waals surface area contributed by atoms with Crippen LogP contribution in [0.2, 0.25) is 0 Å². The van der Waals surface area contributed by atoms with E-state index >= 15 is 0 Å². The molecule has 10 heteroatoms. The van der Waals surface area contributed by atoms with Crippen LogP contribution in [0.5, 0.6) is 5.75 Å². The third-order valence-corrected chi connectivity index (χ3v) is 8.01. The molecule has 0 saturated carbocycles. The average molecular weight is 605 g/mol. The molecule has 3 aromatic carbocycles. The van der Waals surface area contributed by atoms with Gasteiger partial charge in [-0.15, -0.1) is 0 Å². The van der Waals surface area contributed by atoms with Crippen molar-refractivity contribution >= 4 is 31.8 Å². The van der Waals surface area contributed by atoms with Crippen LogP contribution in [0.1, 0.15) is 6.42 Å². The molecule has 0 amide bonds. The molecule has 0 spiro atoms. The van der Waals surface area contributed by atoms with Crippen molar-refractivity contribution in [2.45, 2.75) is 11.3 Å². The maximum Gasteiger partial charge on any atom is 0.240 e. The molecule has 5 rings (SSSR count). The molecule has 5 aromatic rings. The molecule has 39 heavy (non-hydrogen) atoms. The topological polar surface area (TPSA) is 109 Å². The fourth-order valence-corrected chi connectivity index (χ4v) is 5.41. The zero-order valence-electron chi connectivity index (χ0n) is 20.8. The minimum atomic E-state index is -3.56. The predicted octanol–water partition coefficient (Wildman–Crippen LogP) is 5.85. The maximum atomic E-state index is 12.5. The number of halogens is 1. The first-order valence-electron chi connectivity index (χ1n) is 12.3. The molecule has 0 saturated heterocycles. The third kappa shape index (κ3) is 6.54. The van der Waals surface area contributed by atoms with Gasteiger partial charge in [0.1, 0.15) is 17.3 Å². The quantitative estimate of drug-likeness (QED) is 0.173. The van der Waals surface area contributed by atoms with E-state index in [2.05, 4.69) is 31.0 Å². The summed E-state index contributed by atoms with van der Waals surface area (Å²) in [5, 5.41) is 18.2. The second-order valence-corrected chi connectivity index (χ2v) is 11.5. The Balaban J connectivity index is 1.30. The van der Waals surface area contributed by atoms with Crippen LogP contribution in [0.3, 0.4) is 0 Å². The number of phenolic OH excluding ortho intramolecular Hbond substituents is 1. The summed E-state index contributed by atoms with van der Waals surface area (Å²) in [5.74, 6) is 0.832. The lowest BCUT2D eigenvalue weighted by Gasteiger charge is -2.09. The number of nitrogens with zero attached hydrogens (tertiary/aromatic N) is 3. The van der Waals surface area contributed by atoms with Crippen LogP contribution in [-0.4, -0.2) is 41.4 Å². The highest BCUT2D eigenvalue weighted by molar-refractivity contribution is 9.10. The minimum absolute atomic E-state index is 0.167. The van der Waals surface area contributed by atoms with Crippen molar-refractivity contribution in [3.05, 3.63) is 108 Å². The Hall–Kier alpha value is -3.99. The Bertz CT molecular complexity index is 1670. The van der Waals surface area contributed by atoms with Gasteiger partial charge in [-0.1, -0.05) is 46.3 Å². The number of aromatic hydroxyl groups is 1. The van der Waals surface area contributed by atoms with Crippen LogP contribution in [0.25, 0.3) is 28.1 Å². The van der Waals surface area contributed by atoms with Crippen LogP contribution in [0.15, 0.2) is 113 Å². The zero-order chi connectivity index (χ0) is 27.2.